The highest BCUT2D eigenvalue weighted by Crippen LogP contribution is 2.28. The van der Waals surface area contributed by atoms with Gasteiger partial charge in [0.15, 0.2) is 0 Å². The van der Waals surface area contributed by atoms with Crippen molar-refractivity contribution in [2.24, 2.45) is 5.10 Å². The first-order chi connectivity index (χ1) is 14.8. The zero-order chi connectivity index (χ0) is 22.2. The quantitative estimate of drug-likeness (QED) is 0.302. The van der Waals surface area contributed by atoms with Crippen LogP contribution in [0.4, 0.5) is 8.78 Å². The summed E-state index contributed by atoms with van der Waals surface area (Å²) < 4.78 is 55.0. The maximum absolute atomic E-state index is 14.1. The summed E-state index contributed by atoms with van der Waals surface area (Å²) in [5.41, 5.74) is 2.91. The van der Waals surface area contributed by atoms with E-state index in [9.17, 15) is 17.2 Å². The first-order valence-corrected chi connectivity index (χ1v) is 11.1. The first-order valence-electron chi connectivity index (χ1n) is 8.82. The molecule has 0 N–H and O–H groups in total. The van der Waals surface area contributed by atoms with E-state index in [0.29, 0.717) is 21.8 Å². The maximum Gasteiger partial charge on any atom is 0.282 e. The van der Waals surface area contributed by atoms with Crippen LogP contribution >= 0.6 is 15.9 Å². The molecule has 31 heavy (non-hydrogen) atoms. The minimum absolute atomic E-state index is 0.233. The third-order valence-corrected chi connectivity index (χ3v) is 7.06. The van der Waals surface area contributed by atoms with Gasteiger partial charge in [-0.05, 0) is 40.2 Å². The fourth-order valence-electron chi connectivity index (χ4n) is 2.91. The van der Waals surface area contributed by atoms with Crippen LogP contribution in [0.3, 0.4) is 0 Å². The topological polar surface area (TPSA) is 79.9 Å². The molecular formula is C20H14BrF2N5O2S. The molecule has 0 spiro atoms. The molecule has 158 valence electrons. The van der Waals surface area contributed by atoms with Crippen LogP contribution in [-0.4, -0.2) is 40.5 Å². The molecule has 0 aliphatic heterocycles. The molecule has 4 rings (SSSR count). The van der Waals surface area contributed by atoms with Crippen molar-refractivity contribution in [3.05, 3.63) is 83.0 Å². The number of imidazole rings is 1. The molecule has 0 atom stereocenters. The van der Waals surface area contributed by atoms with Crippen molar-refractivity contribution in [1.29, 1.82) is 0 Å². The molecule has 0 unspecified atom stereocenters. The molecule has 0 aliphatic carbocycles. The van der Waals surface area contributed by atoms with Crippen molar-refractivity contribution in [3.63, 3.8) is 0 Å². The van der Waals surface area contributed by atoms with Gasteiger partial charge in [0.2, 0.25) is 0 Å². The van der Waals surface area contributed by atoms with Crippen LogP contribution in [0.25, 0.3) is 16.8 Å². The van der Waals surface area contributed by atoms with Gasteiger partial charge in [0.1, 0.15) is 22.2 Å². The van der Waals surface area contributed by atoms with Crippen molar-refractivity contribution in [3.8, 4) is 11.1 Å². The largest absolute Gasteiger partial charge is 0.298 e. The number of hydrogen-bond acceptors (Lipinski definition) is 5. The second kappa shape index (κ2) is 8.16. The van der Waals surface area contributed by atoms with Crippen molar-refractivity contribution in [2.75, 3.05) is 7.05 Å². The summed E-state index contributed by atoms with van der Waals surface area (Å²) in [4.78, 5) is 7.67. The first kappa shape index (κ1) is 21.1. The van der Waals surface area contributed by atoms with Crippen LogP contribution in [0.15, 0.2) is 75.7 Å². The van der Waals surface area contributed by atoms with Crippen molar-refractivity contribution in [2.45, 2.75) is 4.90 Å². The van der Waals surface area contributed by atoms with Gasteiger partial charge in [-0.1, -0.05) is 6.07 Å². The van der Waals surface area contributed by atoms with E-state index >= 15 is 0 Å². The molecule has 0 radical (unpaired) electrons. The normalized spacial score (nSPS) is 12.0. The Morgan fingerprint density at radius 3 is 2.68 bits per heavy atom. The summed E-state index contributed by atoms with van der Waals surface area (Å²) in [5, 5.41) is 3.94. The number of rotatable bonds is 5. The number of hydrazone groups is 1. The Morgan fingerprint density at radius 2 is 1.97 bits per heavy atom. The smallest absolute Gasteiger partial charge is 0.282 e. The Balaban J connectivity index is 1.68. The number of hydrogen-bond donors (Lipinski definition) is 0. The Kier molecular flexibility index (Phi) is 5.54. The van der Waals surface area contributed by atoms with E-state index in [4.69, 9.17) is 0 Å². The number of halogens is 3. The number of pyridine rings is 2. The molecule has 0 aliphatic rings. The average molecular weight is 506 g/mol. The molecule has 11 heteroatoms. The zero-order valence-corrected chi connectivity index (χ0v) is 18.3. The van der Waals surface area contributed by atoms with Crippen molar-refractivity contribution >= 4 is 37.8 Å². The molecule has 7 nitrogen and oxygen atoms in total. The van der Waals surface area contributed by atoms with Crippen LogP contribution < -0.4 is 0 Å². The number of aromatic nitrogens is 3. The van der Waals surface area contributed by atoms with Crippen LogP contribution in [0.5, 0.6) is 0 Å². The molecular weight excluding hydrogens is 492 g/mol. The number of sulfonamides is 1. The Labute approximate surface area is 184 Å². The third-order valence-electron chi connectivity index (χ3n) is 4.45. The van der Waals surface area contributed by atoms with E-state index in [1.165, 1.54) is 12.4 Å². The monoisotopic (exact) mass is 505 g/mol. The molecule has 0 saturated carbocycles. The molecule has 0 saturated heterocycles. The molecule has 0 amide bonds. The zero-order valence-electron chi connectivity index (χ0n) is 15.9. The van der Waals surface area contributed by atoms with Gasteiger partial charge in [-0.15, -0.1) is 0 Å². The lowest BCUT2D eigenvalue weighted by Gasteiger charge is -2.15. The van der Waals surface area contributed by atoms with Gasteiger partial charge < -0.3 is 0 Å². The van der Waals surface area contributed by atoms with Crippen LogP contribution in [0.1, 0.15) is 5.69 Å². The number of benzene rings is 1. The lowest BCUT2D eigenvalue weighted by Crippen LogP contribution is -2.23. The highest BCUT2D eigenvalue weighted by atomic mass is 79.9. The molecule has 1 aromatic carbocycles. The average Bonchev–Trinajstić information content (AvgIpc) is 3.13. The fraction of sp³-hybridized carbons (Fsp3) is 0.0500. The van der Waals surface area contributed by atoms with Gasteiger partial charge in [0.05, 0.1) is 18.1 Å². The highest BCUT2D eigenvalue weighted by Gasteiger charge is 2.27. The van der Waals surface area contributed by atoms with E-state index in [1.54, 1.807) is 16.8 Å². The van der Waals surface area contributed by atoms with Crippen molar-refractivity contribution in [1.82, 2.24) is 18.8 Å². The number of nitrogens with zero attached hydrogens (tertiary/aromatic N) is 5. The summed E-state index contributed by atoms with van der Waals surface area (Å²) in [6.07, 6.45) is 8.04. The standard InChI is InChI=1S/C20H14BrF2N5O2S/c1-27(31(29,30)20-17(21)7-15(22)8-18(20)23)26-11-16-10-25-19-5-4-14(12-28(16)19)13-3-2-6-24-9-13/h2-12H,1H3. The number of fused-ring (bicyclic) bond motifs is 1. The molecule has 0 bridgehead atoms. The summed E-state index contributed by atoms with van der Waals surface area (Å²) in [6.45, 7) is 0. The summed E-state index contributed by atoms with van der Waals surface area (Å²) in [5.74, 6) is -2.12. The predicted molar refractivity (Wildman–Crippen MR) is 115 cm³/mol. The maximum atomic E-state index is 14.1. The Bertz CT molecular complexity index is 1380. The van der Waals surface area contributed by atoms with Gasteiger partial charge in [0.25, 0.3) is 10.0 Å². The van der Waals surface area contributed by atoms with Gasteiger partial charge >= 0.3 is 0 Å². The van der Waals surface area contributed by atoms with E-state index < -0.39 is 26.6 Å². The summed E-state index contributed by atoms with van der Waals surface area (Å²) >= 11 is 2.90. The SMILES string of the molecule is CN(N=Cc1cnc2ccc(-c3cccnc3)cn12)S(=O)(=O)c1c(F)cc(F)cc1Br. The predicted octanol–water partition coefficient (Wildman–Crippen LogP) is 4.09. The molecule has 0 fully saturated rings. The van der Waals surface area contributed by atoms with Crippen molar-refractivity contribution < 1.29 is 17.2 Å². The lowest BCUT2D eigenvalue weighted by atomic mass is 10.1. The minimum atomic E-state index is -4.37. The minimum Gasteiger partial charge on any atom is -0.298 e. The Morgan fingerprint density at radius 1 is 1.16 bits per heavy atom. The second-order valence-corrected chi connectivity index (χ2v) is 9.19. The fourth-order valence-corrected chi connectivity index (χ4v) is 4.98. The molecule has 3 aromatic heterocycles. The van der Waals surface area contributed by atoms with E-state index in [-0.39, 0.29) is 4.47 Å². The second-order valence-electron chi connectivity index (χ2n) is 6.45. The summed E-state index contributed by atoms with van der Waals surface area (Å²) in [7, 11) is -3.21. The van der Waals surface area contributed by atoms with E-state index in [0.717, 1.165) is 24.2 Å². The van der Waals surface area contributed by atoms with Crippen LogP contribution in [0.2, 0.25) is 0 Å². The molecule has 4 aromatic rings. The Hall–Kier alpha value is -3.18. The third kappa shape index (κ3) is 4.06. The van der Waals surface area contributed by atoms with E-state index in [1.807, 2.05) is 30.5 Å². The van der Waals surface area contributed by atoms with Crippen LogP contribution in [0, 0.1) is 11.6 Å². The lowest BCUT2D eigenvalue weighted by molar-refractivity contribution is 0.478. The highest BCUT2D eigenvalue weighted by molar-refractivity contribution is 9.10. The van der Waals surface area contributed by atoms with Gasteiger partial charge in [-0.3, -0.25) is 9.38 Å². The van der Waals surface area contributed by atoms with Gasteiger partial charge in [0, 0.05) is 47.3 Å². The van der Waals surface area contributed by atoms with Crippen LogP contribution in [-0.2, 0) is 10.0 Å². The summed E-state index contributed by atoms with van der Waals surface area (Å²) in [6, 6.07) is 8.81. The van der Waals surface area contributed by atoms with Gasteiger partial charge in [-0.2, -0.15) is 17.9 Å². The molecule has 3 heterocycles. The van der Waals surface area contributed by atoms with E-state index in [2.05, 4.69) is 31.0 Å². The van der Waals surface area contributed by atoms with Gasteiger partial charge in [-0.25, -0.2) is 13.8 Å².